The molecule has 4 nitrogen and oxygen atoms in total. The summed E-state index contributed by atoms with van der Waals surface area (Å²) in [7, 11) is 0. The number of nitrogens with one attached hydrogen (secondary N) is 1. The summed E-state index contributed by atoms with van der Waals surface area (Å²) in [6, 6.07) is 2.17. The van der Waals surface area contributed by atoms with E-state index in [0.29, 0.717) is 28.1 Å². The molecule has 0 aromatic carbocycles. The largest absolute Gasteiger partial charge is 0.388 e. The van der Waals surface area contributed by atoms with Crippen molar-refractivity contribution in [3.8, 4) is 0 Å². The molecule has 3 N–H and O–H groups in total. The van der Waals surface area contributed by atoms with E-state index in [4.69, 9.17) is 18.0 Å². The van der Waals surface area contributed by atoms with Crippen molar-refractivity contribution in [3.05, 3.63) is 18.0 Å². The normalized spacial score (nSPS) is 22.1. The number of aromatic nitrogens is 2. The summed E-state index contributed by atoms with van der Waals surface area (Å²) in [5.74, 6) is 0.607. The first-order chi connectivity index (χ1) is 6.99. The molecule has 15 heavy (non-hydrogen) atoms. The Kier molecular flexibility index (Phi) is 2.34. The van der Waals surface area contributed by atoms with Crippen LogP contribution < -0.4 is 11.1 Å². The van der Waals surface area contributed by atoms with Gasteiger partial charge in [0.05, 0.1) is 0 Å². The first-order valence-electron chi connectivity index (χ1n) is 4.88. The van der Waals surface area contributed by atoms with Crippen molar-refractivity contribution in [3.63, 3.8) is 0 Å². The van der Waals surface area contributed by atoms with Gasteiger partial charge >= 0.3 is 0 Å². The zero-order valence-corrected chi connectivity index (χ0v) is 9.64. The SMILES string of the molecule is CC1(C)CC1Nc1nccc(C(N)=S)n1. The molecule has 0 aliphatic heterocycles. The van der Waals surface area contributed by atoms with Crippen molar-refractivity contribution in [1.29, 1.82) is 0 Å². The lowest BCUT2D eigenvalue weighted by Crippen LogP contribution is -2.15. The molecule has 2 rings (SSSR count). The van der Waals surface area contributed by atoms with Crippen molar-refractivity contribution in [2.75, 3.05) is 5.32 Å². The van der Waals surface area contributed by atoms with Crippen LogP contribution in [0.2, 0.25) is 0 Å². The summed E-state index contributed by atoms with van der Waals surface area (Å²) in [5, 5.41) is 3.26. The highest BCUT2D eigenvalue weighted by atomic mass is 32.1. The Labute approximate surface area is 94.3 Å². The summed E-state index contributed by atoms with van der Waals surface area (Å²) in [5.41, 5.74) is 6.46. The molecule has 1 aliphatic carbocycles. The Morgan fingerprint density at radius 1 is 1.67 bits per heavy atom. The number of anilines is 1. The third kappa shape index (κ3) is 2.23. The van der Waals surface area contributed by atoms with Gasteiger partial charge in [-0.25, -0.2) is 9.97 Å². The van der Waals surface area contributed by atoms with Crippen LogP contribution in [0.3, 0.4) is 0 Å². The van der Waals surface area contributed by atoms with Crippen LogP contribution in [-0.2, 0) is 0 Å². The summed E-state index contributed by atoms with van der Waals surface area (Å²) >= 11 is 4.86. The molecule has 0 spiro atoms. The highest BCUT2D eigenvalue weighted by Crippen LogP contribution is 2.46. The number of hydrogen-bond donors (Lipinski definition) is 2. The molecule has 1 aromatic heterocycles. The highest BCUT2D eigenvalue weighted by molar-refractivity contribution is 7.80. The fourth-order valence-corrected chi connectivity index (χ4v) is 1.55. The molecular weight excluding hydrogens is 208 g/mol. The third-order valence-corrected chi connectivity index (χ3v) is 2.93. The van der Waals surface area contributed by atoms with Crippen LogP contribution in [0.25, 0.3) is 0 Å². The highest BCUT2D eigenvalue weighted by Gasteiger charge is 2.46. The molecule has 5 heteroatoms. The topological polar surface area (TPSA) is 63.8 Å². The van der Waals surface area contributed by atoms with Gasteiger partial charge in [0.25, 0.3) is 0 Å². The van der Waals surface area contributed by atoms with Crippen molar-refractivity contribution in [2.24, 2.45) is 11.1 Å². The predicted molar refractivity (Wildman–Crippen MR) is 63.7 cm³/mol. The molecule has 1 atom stereocenters. The monoisotopic (exact) mass is 222 g/mol. The first-order valence-corrected chi connectivity index (χ1v) is 5.29. The van der Waals surface area contributed by atoms with Crippen LogP contribution >= 0.6 is 12.2 Å². The molecule has 1 fully saturated rings. The predicted octanol–water partition coefficient (Wildman–Crippen LogP) is 1.32. The number of nitrogens with zero attached hydrogens (tertiary/aromatic N) is 2. The Balaban J connectivity index is 2.09. The quantitative estimate of drug-likeness (QED) is 0.755. The zero-order chi connectivity index (χ0) is 11.1. The van der Waals surface area contributed by atoms with Gasteiger partial charge in [0.1, 0.15) is 10.7 Å². The van der Waals surface area contributed by atoms with Crippen molar-refractivity contribution in [2.45, 2.75) is 26.3 Å². The molecular formula is C10H14N4S. The number of rotatable bonds is 3. The molecule has 0 radical (unpaired) electrons. The number of thiocarbonyl (C=S) groups is 1. The summed E-state index contributed by atoms with van der Waals surface area (Å²) in [4.78, 5) is 8.66. The molecule has 1 heterocycles. The molecule has 1 saturated carbocycles. The van der Waals surface area contributed by atoms with Crippen LogP contribution in [0.5, 0.6) is 0 Å². The van der Waals surface area contributed by atoms with E-state index in [2.05, 4.69) is 29.1 Å². The number of nitrogens with two attached hydrogens (primary N) is 1. The van der Waals surface area contributed by atoms with Crippen LogP contribution in [0.4, 0.5) is 5.95 Å². The van der Waals surface area contributed by atoms with E-state index in [0.717, 1.165) is 6.42 Å². The van der Waals surface area contributed by atoms with E-state index >= 15 is 0 Å². The minimum absolute atomic E-state index is 0.301. The summed E-state index contributed by atoms with van der Waals surface area (Å²) in [6.07, 6.45) is 2.81. The second-order valence-electron chi connectivity index (χ2n) is 4.52. The Morgan fingerprint density at radius 2 is 2.33 bits per heavy atom. The van der Waals surface area contributed by atoms with Crippen LogP contribution in [0.1, 0.15) is 26.0 Å². The molecule has 1 aliphatic rings. The van der Waals surface area contributed by atoms with Gasteiger partial charge in [0, 0.05) is 12.2 Å². The van der Waals surface area contributed by atoms with Gasteiger partial charge in [-0.15, -0.1) is 0 Å². The van der Waals surface area contributed by atoms with Crippen molar-refractivity contribution >= 4 is 23.2 Å². The number of hydrogen-bond acceptors (Lipinski definition) is 4. The second kappa shape index (κ2) is 3.41. The maximum Gasteiger partial charge on any atom is 0.223 e. The molecule has 80 valence electrons. The van der Waals surface area contributed by atoms with E-state index in [9.17, 15) is 0 Å². The van der Waals surface area contributed by atoms with E-state index in [1.54, 1.807) is 12.3 Å². The lowest BCUT2D eigenvalue weighted by Gasteiger charge is -2.06. The minimum atomic E-state index is 0.301. The van der Waals surface area contributed by atoms with Gasteiger partial charge < -0.3 is 11.1 Å². The van der Waals surface area contributed by atoms with Gasteiger partial charge in [-0.1, -0.05) is 26.1 Å². The fourth-order valence-electron chi connectivity index (χ4n) is 1.43. The zero-order valence-electron chi connectivity index (χ0n) is 8.82. The summed E-state index contributed by atoms with van der Waals surface area (Å²) < 4.78 is 0. The Hall–Kier alpha value is -1.23. The van der Waals surface area contributed by atoms with Crippen LogP contribution in [0.15, 0.2) is 12.3 Å². The first kappa shape index (κ1) is 10.3. The molecule has 0 amide bonds. The second-order valence-corrected chi connectivity index (χ2v) is 4.96. The van der Waals surface area contributed by atoms with E-state index in [-0.39, 0.29) is 0 Å². The maximum atomic E-state index is 5.50. The van der Waals surface area contributed by atoms with Crippen LogP contribution in [-0.4, -0.2) is 21.0 Å². The van der Waals surface area contributed by atoms with Crippen LogP contribution in [0, 0.1) is 5.41 Å². The average Bonchev–Trinajstić information content (AvgIpc) is 2.74. The lowest BCUT2D eigenvalue weighted by molar-refractivity contribution is 0.629. The maximum absolute atomic E-state index is 5.50. The fraction of sp³-hybridized carbons (Fsp3) is 0.500. The van der Waals surface area contributed by atoms with E-state index in [1.165, 1.54) is 0 Å². The third-order valence-electron chi connectivity index (χ3n) is 2.72. The van der Waals surface area contributed by atoms with Gasteiger partial charge in [0.2, 0.25) is 5.95 Å². The van der Waals surface area contributed by atoms with E-state index < -0.39 is 0 Å². The van der Waals surface area contributed by atoms with Crippen molar-refractivity contribution < 1.29 is 0 Å². The Morgan fingerprint density at radius 3 is 2.87 bits per heavy atom. The van der Waals surface area contributed by atoms with Gasteiger partial charge in [-0.05, 0) is 17.9 Å². The van der Waals surface area contributed by atoms with Gasteiger partial charge in [-0.2, -0.15) is 0 Å². The van der Waals surface area contributed by atoms with Gasteiger partial charge in [-0.3, -0.25) is 0 Å². The van der Waals surface area contributed by atoms with Crippen molar-refractivity contribution in [1.82, 2.24) is 9.97 Å². The molecule has 1 unspecified atom stereocenters. The molecule has 1 aromatic rings. The van der Waals surface area contributed by atoms with Gasteiger partial charge in [0.15, 0.2) is 0 Å². The smallest absolute Gasteiger partial charge is 0.223 e. The molecule has 0 saturated heterocycles. The van der Waals surface area contributed by atoms with E-state index in [1.807, 2.05) is 0 Å². The standard InChI is InChI=1S/C10H14N4S/c1-10(2)5-7(10)14-9-12-4-3-6(13-9)8(11)15/h3-4,7H,5H2,1-2H3,(H2,11,15)(H,12,13,14). The minimum Gasteiger partial charge on any atom is -0.388 e. The molecule has 0 bridgehead atoms. The summed E-state index contributed by atoms with van der Waals surface area (Å²) in [6.45, 7) is 4.42. The Bertz CT molecular complexity index is 402. The average molecular weight is 222 g/mol. The lowest BCUT2D eigenvalue weighted by atomic mass is 10.2.